The summed E-state index contributed by atoms with van der Waals surface area (Å²) in [5.74, 6) is -0.410. The summed E-state index contributed by atoms with van der Waals surface area (Å²) in [6.07, 6.45) is 5.63. The Morgan fingerprint density at radius 3 is 2.74 bits per heavy atom. The molecule has 136 valence electrons. The predicted octanol–water partition coefficient (Wildman–Crippen LogP) is 3.55. The number of nitrogens with two attached hydrogens (primary N) is 1. The van der Waals surface area contributed by atoms with Gasteiger partial charge >= 0.3 is 0 Å². The summed E-state index contributed by atoms with van der Waals surface area (Å²) in [4.78, 5) is 20.1. The fraction of sp³-hybridized carbons (Fsp3) is 0.250. The van der Waals surface area contributed by atoms with Gasteiger partial charge in [0.15, 0.2) is 0 Å². The molecular weight excluding hydrogens is 345 g/mol. The Bertz CT molecular complexity index is 1300. The van der Waals surface area contributed by atoms with Gasteiger partial charge in [-0.2, -0.15) is 5.10 Å². The normalized spacial score (nSPS) is 15.5. The lowest BCUT2D eigenvalue weighted by Crippen LogP contribution is -2.16. The number of hydrogen-bond acceptors (Lipinski definition) is 4. The van der Waals surface area contributed by atoms with Crippen LogP contribution in [0.5, 0.6) is 0 Å². The Balaban J connectivity index is 1.90. The van der Waals surface area contributed by atoms with Gasteiger partial charge in [-0.05, 0) is 47.9 Å². The Hall–Kier alpha value is -3.22. The molecule has 1 aromatic carbocycles. The minimum Gasteiger partial charge on any atom is -0.394 e. The van der Waals surface area contributed by atoms with Crippen LogP contribution in [0.1, 0.15) is 30.9 Å². The maximum Gasteiger partial charge on any atom is 0.272 e. The van der Waals surface area contributed by atoms with E-state index in [4.69, 9.17) is 5.73 Å². The number of nitrogen functional groups attached to an aromatic ring is 1. The molecule has 0 saturated heterocycles. The van der Waals surface area contributed by atoms with Crippen molar-refractivity contribution in [1.29, 1.82) is 0 Å². The molecule has 4 N–H and O–H groups in total. The van der Waals surface area contributed by atoms with Crippen LogP contribution in [-0.4, -0.2) is 20.2 Å². The van der Waals surface area contributed by atoms with Gasteiger partial charge in [-0.3, -0.25) is 14.9 Å². The van der Waals surface area contributed by atoms with E-state index in [1.807, 2.05) is 13.1 Å². The average molecular weight is 363 g/mol. The first-order chi connectivity index (χ1) is 12.9. The number of nitrogens with one attached hydrogen (secondary N) is 2. The molecule has 1 aliphatic rings. The molecule has 27 heavy (non-hydrogen) atoms. The van der Waals surface area contributed by atoms with Crippen LogP contribution in [0, 0.1) is 12.7 Å². The second-order valence-corrected chi connectivity index (χ2v) is 7.58. The van der Waals surface area contributed by atoms with E-state index in [0.717, 1.165) is 24.0 Å². The lowest BCUT2D eigenvalue weighted by molar-refractivity contribution is 0.636. The zero-order chi connectivity index (χ0) is 18.9. The maximum absolute atomic E-state index is 14.1. The van der Waals surface area contributed by atoms with Crippen molar-refractivity contribution >= 4 is 27.6 Å². The largest absolute Gasteiger partial charge is 0.394 e. The van der Waals surface area contributed by atoms with E-state index in [0.29, 0.717) is 27.5 Å². The first-order valence-electron chi connectivity index (χ1n) is 8.84. The molecule has 5 rings (SSSR count). The Morgan fingerprint density at radius 1 is 1.22 bits per heavy atom. The molecule has 1 aliphatic carbocycles. The lowest BCUT2D eigenvalue weighted by atomic mass is 9.92. The van der Waals surface area contributed by atoms with Gasteiger partial charge in [0.25, 0.3) is 5.56 Å². The smallest absolute Gasteiger partial charge is 0.272 e. The van der Waals surface area contributed by atoms with Crippen molar-refractivity contribution in [1.82, 2.24) is 20.2 Å². The predicted molar refractivity (Wildman–Crippen MR) is 103 cm³/mol. The first-order valence-corrected chi connectivity index (χ1v) is 8.84. The molecular formula is C20H18FN5O. The van der Waals surface area contributed by atoms with Crippen LogP contribution in [0.4, 0.5) is 10.1 Å². The van der Waals surface area contributed by atoms with E-state index >= 15 is 0 Å². The average Bonchev–Trinajstić information content (AvgIpc) is 3.18. The third-order valence-corrected chi connectivity index (χ3v) is 5.81. The summed E-state index contributed by atoms with van der Waals surface area (Å²) in [5, 5.41) is 7.16. The van der Waals surface area contributed by atoms with Crippen molar-refractivity contribution in [3.8, 4) is 11.1 Å². The number of pyridine rings is 2. The Kier molecular flexibility index (Phi) is 3.05. The molecule has 0 aliphatic heterocycles. The van der Waals surface area contributed by atoms with Crippen molar-refractivity contribution < 1.29 is 4.39 Å². The molecule has 4 aromatic rings. The Morgan fingerprint density at radius 2 is 2.00 bits per heavy atom. The number of aromatic amines is 2. The number of hydrogen-bond donors (Lipinski definition) is 3. The molecule has 3 aromatic heterocycles. The number of nitrogens with zero attached hydrogens (tertiary/aromatic N) is 2. The highest BCUT2D eigenvalue weighted by atomic mass is 19.1. The highest BCUT2D eigenvalue weighted by Gasteiger charge is 2.41. The van der Waals surface area contributed by atoms with Gasteiger partial charge in [-0.1, -0.05) is 13.0 Å². The molecule has 1 fully saturated rings. The molecule has 0 radical (unpaired) electrons. The van der Waals surface area contributed by atoms with Gasteiger partial charge in [0.1, 0.15) is 17.0 Å². The second kappa shape index (κ2) is 5.16. The fourth-order valence-electron chi connectivity index (χ4n) is 3.93. The standard InChI is InChI=1S/C20H18FN5O/c1-9-12(20(2)5-6-20)8-23-18-14(15(22)19(27)25-16(9)18)10-3-4-13(21)17-11(10)7-24-26-17/h3-4,7-8H,5-6,22H2,1-2H3,(H,24,26)(H,25,27). The van der Waals surface area contributed by atoms with E-state index in [1.165, 1.54) is 12.3 Å². The SMILES string of the molecule is Cc1c(C2(C)CC2)cnc2c(-c3ccc(F)c4[nH]ncc34)c(N)c(=O)[nH]c12. The van der Waals surface area contributed by atoms with Crippen LogP contribution in [0.15, 0.2) is 29.3 Å². The molecule has 1 saturated carbocycles. The van der Waals surface area contributed by atoms with Gasteiger partial charge in [0.05, 0.1) is 17.2 Å². The van der Waals surface area contributed by atoms with Crippen molar-refractivity contribution in [2.24, 2.45) is 0 Å². The van der Waals surface area contributed by atoms with Crippen LogP contribution in [-0.2, 0) is 5.41 Å². The summed E-state index contributed by atoms with van der Waals surface area (Å²) in [6.45, 7) is 4.20. The van der Waals surface area contributed by atoms with E-state index < -0.39 is 5.82 Å². The van der Waals surface area contributed by atoms with Crippen LogP contribution >= 0.6 is 0 Å². The van der Waals surface area contributed by atoms with E-state index in [9.17, 15) is 9.18 Å². The molecule has 0 spiro atoms. The highest BCUT2D eigenvalue weighted by molar-refractivity contribution is 6.06. The van der Waals surface area contributed by atoms with Gasteiger partial charge < -0.3 is 10.7 Å². The quantitative estimate of drug-likeness (QED) is 0.507. The minimum atomic E-state index is -0.410. The first kappa shape index (κ1) is 16.0. The van der Waals surface area contributed by atoms with Gasteiger partial charge in [-0.25, -0.2) is 4.39 Å². The topological polar surface area (TPSA) is 100 Å². The summed E-state index contributed by atoms with van der Waals surface area (Å²) < 4.78 is 14.1. The van der Waals surface area contributed by atoms with Crippen molar-refractivity contribution in [2.45, 2.75) is 32.1 Å². The highest BCUT2D eigenvalue weighted by Crippen LogP contribution is 2.49. The van der Waals surface area contributed by atoms with E-state index in [1.54, 1.807) is 6.07 Å². The van der Waals surface area contributed by atoms with E-state index in [-0.39, 0.29) is 22.2 Å². The number of aromatic nitrogens is 4. The molecule has 6 nitrogen and oxygen atoms in total. The van der Waals surface area contributed by atoms with Gasteiger partial charge in [-0.15, -0.1) is 0 Å². The summed E-state index contributed by atoms with van der Waals surface area (Å²) in [6, 6.07) is 2.96. The second-order valence-electron chi connectivity index (χ2n) is 7.58. The van der Waals surface area contributed by atoms with Gasteiger partial charge in [0.2, 0.25) is 0 Å². The van der Waals surface area contributed by atoms with Crippen LogP contribution < -0.4 is 11.3 Å². The minimum absolute atomic E-state index is 0.0638. The Labute approximate surface area is 153 Å². The van der Waals surface area contributed by atoms with Crippen LogP contribution in [0.25, 0.3) is 33.1 Å². The van der Waals surface area contributed by atoms with Crippen molar-refractivity contribution in [2.75, 3.05) is 5.73 Å². The number of benzene rings is 1. The third-order valence-electron chi connectivity index (χ3n) is 5.81. The summed E-state index contributed by atoms with van der Waals surface area (Å²) in [5.41, 5.74) is 10.8. The monoisotopic (exact) mass is 363 g/mol. The number of rotatable bonds is 2. The number of anilines is 1. The molecule has 3 heterocycles. The van der Waals surface area contributed by atoms with Crippen molar-refractivity contribution in [3.63, 3.8) is 0 Å². The number of fused-ring (bicyclic) bond motifs is 2. The maximum atomic E-state index is 14.1. The molecule has 0 bridgehead atoms. The molecule has 0 unspecified atom stereocenters. The number of aryl methyl sites for hydroxylation is 1. The fourth-order valence-corrected chi connectivity index (χ4v) is 3.93. The molecule has 0 atom stereocenters. The van der Waals surface area contributed by atoms with Crippen molar-refractivity contribution in [3.05, 3.63) is 51.8 Å². The van der Waals surface area contributed by atoms with Crippen LogP contribution in [0.3, 0.4) is 0 Å². The zero-order valence-corrected chi connectivity index (χ0v) is 15.0. The summed E-state index contributed by atoms with van der Waals surface area (Å²) in [7, 11) is 0. The van der Waals surface area contributed by atoms with Gasteiger partial charge in [0, 0.05) is 17.1 Å². The molecule has 7 heteroatoms. The molecule has 0 amide bonds. The zero-order valence-electron chi connectivity index (χ0n) is 15.0. The van der Waals surface area contributed by atoms with Crippen LogP contribution in [0.2, 0.25) is 0 Å². The number of halogens is 1. The third kappa shape index (κ3) is 2.14. The number of H-pyrrole nitrogens is 2. The van der Waals surface area contributed by atoms with E-state index in [2.05, 4.69) is 27.1 Å². The summed E-state index contributed by atoms with van der Waals surface area (Å²) >= 11 is 0. The lowest BCUT2D eigenvalue weighted by Gasteiger charge is -2.17.